The summed E-state index contributed by atoms with van der Waals surface area (Å²) in [6, 6.07) is 5.04. The van der Waals surface area contributed by atoms with Gasteiger partial charge >= 0.3 is 11.9 Å². The Labute approximate surface area is 136 Å². The van der Waals surface area contributed by atoms with Gasteiger partial charge in [-0.3, -0.25) is 9.59 Å². The van der Waals surface area contributed by atoms with Crippen molar-refractivity contribution in [1.29, 1.82) is 0 Å². The summed E-state index contributed by atoms with van der Waals surface area (Å²) in [6.45, 7) is 3.69. The number of carbonyl (C=O) groups excluding carboxylic acids is 2. The lowest BCUT2D eigenvalue weighted by Crippen LogP contribution is -2.45. The Hall–Kier alpha value is -1.33. The Morgan fingerprint density at radius 2 is 1.76 bits per heavy atom. The van der Waals surface area contributed by atoms with E-state index in [1.165, 1.54) is 0 Å². The SMILES string of the molecule is CCOC(=O)C1(C(=O)OCC)C(Br)=Cc2ccc(Cl)cc21. The largest absolute Gasteiger partial charge is 0.465 e. The van der Waals surface area contributed by atoms with Crippen LogP contribution in [-0.2, 0) is 24.5 Å². The summed E-state index contributed by atoms with van der Waals surface area (Å²) >= 11 is 9.34. The van der Waals surface area contributed by atoms with E-state index >= 15 is 0 Å². The first kappa shape index (κ1) is 16.0. The molecule has 0 spiro atoms. The van der Waals surface area contributed by atoms with Gasteiger partial charge in [0.2, 0.25) is 5.41 Å². The van der Waals surface area contributed by atoms with Gasteiger partial charge in [-0.25, -0.2) is 0 Å². The molecule has 0 aromatic heterocycles. The second-order valence-corrected chi connectivity index (χ2v) is 5.71. The summed E-state index contributed by atoms with van der Waals surface area (Å²) in [6.07, 6.45) is 1.71. The molecule has 0 atom stereocenters. The second kappa shape index (κ2) is 6.20. The van der Waals surface area contributed by atoms with E-state index in [2.05, 4.69) is 15.9 Å². The van der Waals surface area contributed by atoms with Gasteiger partial charge in [-0.05, 0) is 43.2 Å². The molecule has 0 amide bonds. The van der Waals surface area contributed by atoms with E-state index in [0.717, 1.165) is 5.56 Å². The predicted molar refractivity (Wildman–Crippen MR) is 83.3 cm³/mol. The fraction of sp³-hybridized carbons (Fsp3) is 0.333. The molecule has 21 heavy (non-hydrogen) atoms. The van der Waals surface area contributed by atoms with Crippen molar-refractivity contribution in [2.75, 3.05) is 13.2 Å². The molecule has 4 nitrogen and oxygen atoms in total. The molecule has 0 aliphatic heterocycles. The highest BCUT2D eigenvalue weighted by Gasteiger charge is 2.56. The number of fused-ring (bicyclic) bond motifs is 1. The van der Waals surface area contributed by atoms with E-state index < -0.39 is 17.4 Å². The van der Waals surface area contributed by atoms with Crippen LogP contribution >= 0.6 is 27.5 Å². The van der Waals surface area contributed by atoms with Crippen LogP contribution in [0.15, 0.2) is 22.7 Å². The van der Waals surface area contributed by atoms with Crippen molar-refractivity contribution >= 4 is 45.5 Å². The molecule has 1 aromatic rings. The number of hydrogen-bond acceptors (Lipinski definition) is 4. The van der Waals surface area contributed by atoms with Crippen molar-refractivity contribution in [1.82, 2.24) is 0 Å². The standard InChI is InChI=1S/C15H14BrClO4/c1-3-20-13(18)15(14(19)21-4-2)11-8-10(17)6-5-9(11)7-12(15)16/h5-8H,3-4H2,1-2H3. The van der Waals surface area contributed by atoms with Gasteiger partial charge < -0.3 is 9.47 Å². The Kier molecular flexibility index (Phi) is 4.74. The molecule has 112 valence electrons. The molecular formula is C15H14BrClO4. The zero-order valence-corrected chi connectivity index (χ0v) is 14.0. The lowest BCUT2D eigenvalue weighted by atomic mass is 9.82. The first-order valence-electron chi connectivity index (χ1n) is 6.50. The fourth-order valence-corrected chi connectivity index (χ4v) is 3.29. The molecule has 0 saturated heterocycles. The molecule has 0 radical (unpaired) electrons. The summed E-state index contributed by atoms with van der Waals surface area (Å²) in [4.78, 5) is 25.1. The van der Waals surface area contributed by atoms with Gasteiger partial charge in [-0.15, -0.1) is 0 Å². The molecule has 0 heterocycles. The van der Waals surface area contributed by atoms with Crippen molar-refractivity contribution in [3.8, 4) is 0 Å². The second-order valence-electron chi connectivity index (χ2n) is 4.41. The molecule has 0 unspecified atom stereocenters. The third-order valence-corrected chi connectivity index (χ3v) is 4.28. The van der Waals surface area contributed by atoms with Crippen LogP contribution in [0.5, 0.6) is 0 Å². The highest BCUT2D eigenvalue weighted by atomic mass is 79.9. The highest BCUT2D eigenvalue weighted by Crippen LogP contribution is 2.47. The van der Waals surface area contributed by atoms with Gasteiger partial charge in [-0.1, -0.05) is 33.6 Å². The highest BCUT2D eigenvalue weighted by molar-refractivity contribution is 9.12. The quantitative estimate of drug-likeness (QED) is 0.599. The lowest BCUT2D eigenvalue weighted by Gasteiger charge is -2.26. The molecule has 6 heteroatoms. The Morgan fingerprint density at radius 1 is 1.19 bits per heavy atom. The van der Waals surface area contributed by atoms with E-state index in [-0.39, 0.29) is 13.2 Å². The lowest BCUT2D eigenvalue weighted by molar-refractivity contribution is -0.161. The molecule has 0 fully saturated rings. The Morgan fingerprint density at radius 3 is 2.29 bits per heavy atom. The minimum absolute atomic E-state index is 0.163. The van der Waals surface area contributed by atoms with Gasteiger partial charge in [-0.2, -0.15) is 0 Å². The number of halogens is 2. The van der Waals surface area contributed by atoms with E-state index in [9.17, 15) is 9.59 Å². The zero-order chi connectivity index (χ0) is 15.6. The Bertz CT molecular complexity index is 606. The van der Waals surface area contributed by atoms with Crippen molar-refractivity contribution in [3.05, 3.63) is 38.8 Å². The van der Waals surface area contributed by atoms with Gasteiger partial charge in [0.1, 0.15) is 0 Å². The van der Waals surface area contributed by atoms with E-state index in [0.29, 0.717) is 15.1 Å². The van der Waals surface area contributed by atoms with Gasteiger partial charge in [0.05, 0.1) is 13.2 Å². The first-order valence-corrected chi connectivity index (χ1v) is 7.67. The summed E-state index contributed by atoms with van der Waals surface area (Å²) in [5, 5.41) is 0.433. The summed E-state index contributed by atoms with van der Waals surface area (Å²) in [5.41, 5.74) is -0.433. The maximum atomic E-state index is 12.5. The van der Waals surface area contributed by atoms with Crippen molar-refractivity contribution in [3.63, 3.8) is 0 Å². The van der Waals surface area contributed by atoms with Crippen LogP contribution in [0.4, 0.5) is 0 Å². The van der Waals surface area contributed by atoms with Gasteiger partial charge in [0.25, 0.3) is 0 Å². The van der Waals surface area contributed by atoms with E-state index in [1.807, 2.05) is 0 Å². The van der Waals surface area contributed by atoms with Crippen molar-refractivity contribution < 1.29 is 19.1 Å². The third kappa shape index (κ3) is 2.49. The average molecular weight is 374 g/mol. The van der Waals surface area contributed by atoms with Gasteiger partial charge in [0, 0.05) is 9.51 Å². The van der Waals surface area contributed by atoms with Gasteiger partial charge in [0.15, 0.2) is 0 Å². The van der Waals surface area contributed by atoms with Crippen LogP contribution in [0.25, 0.3) is 6.08 Å². The number of ether oxygens (including phenoxy) is 2. The molecule has 1 aromatic carbocycles. The number of carbonyl (C=O) groups is 2. The van der Waals surface area contributed by atoms with Crippen LogP contribution in [0.3, 0.4) is 0 Å². The monoisotopic (exact) mass is 372 g/mol. The summed E-state index contributed by atoms with van der Waals surface area (Å²) in [5.74, 6) is -1.35. The first-order chi connectivity index (χ1) is 9.98. The number of benzene rings is 1. The fourth-order valence-electron chi connectivity index (χ4n) is 2.33. The predicted octanol–water partition coefficient (Wildman–Crippen LogP) is 3.45. The minimum Gasteiger partial charge on any atom is -0.465 e. The van der Waals surface area contributed by atoms with Crippen molar-refractivity contribution in [2.45, 2.75) is 19.3 Å². The maximum Gasteiger partial charge on any atom is 0.333 e. The van der Waals surface area contributed by atoms with Crippen molar-refractivity contribution in [2.24, 2.45) is 0 Å². The smallest absolute Gasteiger partial charge is 0.333 e. The van der Waals surface area contributed by atoms with Crippen LogP contribution in [0.1, 0.15) is 25.0 Å². The topological polar surface area (TPSA) is 52.6 Å². The molecule has 0 N–H and O–H groups in total. The number of hydrogen-bond donors (Lipinski definition) is 0. The Balaban J connectivity index is 2.66. The number of rotatable bonds is 4. The molecule has 1 aliphatic carbocycles. The molecular weight excluding hydrogens is 360 g/mol. The van der Waals surface area contributed by atoms with Crippen LogP contribution in [-0.4, -0.2) is 25.2 Å². The number of esters is 2. The molecule has 2 rings (SSSR count). The van der Waals surface area contributed by atoms with Crippen LogP contribution in [0, 0.1) is 0 Å². The zero-order valence-electron chi connectivity index (χ0n) is 11.6. The van der Waals surface area contributed by atoms with E-state index in [1.54, 1.807) is 38.1 Å². The molecule has 0 saturated carbocycles. The molecule has 1 aliphatic rings. The van der Waals surface area contributed by atoms with Crippen LogP contribution in [0.2, 0.25) is 5.02 Å². The third-order valence-electron chi connectivity index (χ3n) is 3.22. The van der Waals surface area contributed by atoms with E-state index in [4.69, 9.17) is 21.1 Å². The summed E-state index contributed by atoms with van der Waals surface area (Å²) in [7, 11) is 0. The summed E-state index contributed by atoms with van der Waals surface area (Å²) < 4.78 is 10.6. The average Bonchev–Trinajstić information content (AvgIpc) is 2.71. The normalized spacial score (nSPS) is 15.1. The van der Waals surface area contributed by atoms with Crippen LogP contribution < -0.4 is 0 Å². The minimum atomic E-state index is -1.63. The maximum absolute atomic E-state index is 12.5. The molecule has 0 bridgehead atoms.